The van der Waals surface area contributed by atoms with Gasteiger partial charge in [-0.15, -0.1) is 0 Å². The van der Waals surface area contributed by atoms with Gasteiger partial charge in [0.25, 0.3) is 5.91 Å². The van der Waals surface area contributed by atoms with E-state index in [-0.39, 0.29) is 11.9 Å². The number of aromatic nitrogens is 2. The topological polar surface area (TPSA) is 81.2 Å². The van der Waals surface area contributed by atoms with Crippen LogP contribution in [0.4, 0.5) is 0 Å². The van der Waals surface area contributed by atoms with Crippen molar-refractivity contribution in [2.24, 2.45) is 5.73 Å². The number of piperidine rings is 1. The van der Waals surface area contributed by atoms with Gasteiger partial charge in [0, 0.05) is 6.54 Å². The lowest BCUT2D eigenvalue weighted by Gasteiger charge is -2.34. The Hall–Kier alpha value is -1.85. The molecule has 2 N–H and O–H groups in total. The second-order valence-corrected chi connectivity index (χ2v) is 6.00. The molecule has 0 aromatic carbocycles. The molecule has 0 spiro atoms. The van der Waals surface area contributed by atoms with Gasteiger partial charge in [-0.05, 0) is 45.1 Å². The molecule has 1 aliphatic heterocycles. The Morgan fingerprint density at radius 3 is 2.64 bits per heavy atom. The largest absolute Gasteiger partial charge is 0.368 e. The molecule has 6 nitrogen and oxygen atoms in total. The average molecular weight is 306 g/mol. The highest BCUT2D eigenvalue weighted by atomic mass is 16.2. The van der Waals surface area contributed by atoms with Gasteiger partial charge in [0.2, 0.25) is 5.91 Å². The first-order chi connectivity index (χ1) is 10.5. The van der Waals surface area contributed by atoms with Gasteiger partial charge in [-0.25, -0.2) is 0 Å². The summed E-state index contributed by atoms with van der Waals surface area (Å²) >= 11 is 0. The Balaban J connectivity index is 2.34. The van der Waals surface area contributed by atoms with Crippen LogP contribution in [0.3, 0.4) is 0 Å². The zero-order chi connectivity index (χ0) is 16.3. The number of nitrogens with two attached hydrogens (primary N) is 1. The number of aryl methyl sites for hydroxylation is 1. The maximum Gasteiger partial charge on any atom is 0.272 e. The first kappa shape index (κ1) is 16.5. The molecule has 1 aromatic rings. The zero-order valence-corrected chi connectivity index (χ0v) is 13.7. The standard InChI is InChI=1S/C16H26N4O2/c1-4-12(5-2)20-14(10-11(3)18-20)16(22)19-9-7-6-8-13(19)15(17)21/h10,12-13H,4-9H2,1-3H3,(H2,17,21). The Kier molecular flexibility index (Phi) is 5.21. The summed E-state index contributed by atoms with van der Waals surface area (Å²) in [7, 11) is 0. The first-order valence-electron chi connectivity index (χ1n) is 8.16. The number of rotatable bonds is 5. The molecule has 0 bridgehead atoms. The van der Waals surface area contributed by atoms with Crippen molar-refractivity contribution >= 4 is 11.8 Å². The minimum Gasteiger partial charge on any atom is -0.368 e. The molecule has 22 heavy (non-hydrogen) atoms. The van der Waals surface area contributed by atoms with Gasteiger partial charge in [0.05, 0.1) is 11.7 Å². The third kappa shape index (κ3) is 3.15. The van der Waals surface area contributed by atoms with Crippen LogP contribution in [0.5, 0.6) is 0 Å². The van der Waals surface area contributed by atoms with Crippen molar-refractivity contribution in [1.29, 1.82) is 0 Å². The quantitative estimate of drug-likeness (QED) is 0.903. The Bertz CT molecular complexity index is 548. The number of nitrogens with zero attached hydrogens (tertiary/aromatic N) is 3. The van der Waals surface area contributed by atoms with Gasteiger partial charge >= 0.3 is 0 Å². The van der Waals surface area contributed by atoms with Crippen LogP contribution in [0.15, 0.2) is 6.07 Å². The number of hydrogen-bond donors (Lipinski definition) is 1. The molecule has 0 radical (unpaired) electrons. The Morgan fingerprint density at radius 2 is 2.05 bits per heavy atom. The second kappa shape index (κ2) is 6.94. The minimum atomic E-state index is -0.494. The van der Waals surface area contributed by atoms with Crippen LogP contribution in [0.25, 0.3) is 0 Å². The third-order valence-electron chi connectivity index (χ3n) is 4.46. The summed E-state index contributed by atoms with van der Waals surface area (Å²) in [4.78, 5) is 26.2. The van der Waals surface area contributed by atoms with Crippen molar-refractivity contribution in [3.05, 3.63) is 17.5 Å². The van der Waals surface area contributed by atoms with E-state index < -0.39 is 11.9 Å². The zero-order valence-electron chi connectivity index (χ0n) is 13.7. The molecule has 1 fully saturated rings. The average Bonchev–Trinajstić information content (AvgIpc) is 2.89. The van der Waals surface area contributed by atoms with Crippen LogP contribution < -0.4 is 5.73 Å². The summed E-state index contributed by atoms with van der Waals surface area (Å²) in [6, 6.07) is 1.52. The van der Waals surface area contributed by atoms with Gasteiger partial charge in [-0.2, -0.15) is 5.10 Å². The van der Waals surface area contributed by atoms with E-state index in [1.54, 1.807) is 4.90 Å². The molecular weight excluding hydrogens is 280 g/mol. The van der Waals surface area contributed by atoms with Crippen molar-refractivity contribution in [1.82, 2.24) is 14.7 Å². The molecule has 1 aliphatic rings. The van der Waals surface area contributed by atoms with Gasteiger partial charge < -0.3 is 10.6 Å². The van der Waals surface area contributed by atoms with Crippen LogP contribution >= 0.6 is 0 Å². The Morgan fingerprint density at radius 1 is 1.36 bits per heavy atom. The molecular formula is C16H26N4O2. The molecule has 6 heteroatoms. The fourth-order valence-corrected chi connectivity index (χ4v) is 3.21. The van der Waals surface area contributed by atoms with Gasteiger partial charge in [0.1, 0.15) is 11.7 Å². The molecule has 2 heterocycles. The summed E-state index contributed by atoms with van der Waals surface area (Å²) < 4.78 is 1.82. The fourth-order valence-electron chi connectivity index (χ4n) is 3.21. The summed E-state index contributed by atoms with van der Waals surface area (Å²) in [6.07, 6.45) is 4.32. The monoisotopic (exact) mass is 306 g/mol. The summed E-state index contributed by atoms with van der Waals surface area (Å²) in [6.45, 7) is 6.65. The fraction of sp³-hybridized carbons (Fsp3) is 0.688. The number of carbonyl (C=O) groups is 2. The van der Waals surface area contributed by atoms with Crippen LogP contribution in [-0.4, -0.2) is 39.1 Å². The molecule has 0 saturated carbocycles. The van der Waals surface area contributed by atoms with Crippen molar-refractivity contribution in [3.8, 4) is 0 Å². The molecule has 2 amide bonds. The highest BCUT2D eigenvalue weighted by Gasteiger charge is 2.33. The summed E-state index contributed by atoms with van der Waals surface area (Å²) in [5, 5.41) is 4.49. The number of amides is 2. The molecule has 1 aromatic heterocycles. The molecule has 1 unspecified atom stereocenters. The predicted molar refractivity (Wildman–Crippen MR) is 84.5 cm³/mol. The van der Waals surface area contributed by atoms with E-state index in [2.05, 4.69) is 18.9 Å². The van der Waals surface area contributed by atoms with Gasteiger partial charge in [0.15, 0.2) is 0 Å². The van der Waals surface area contributed by atoms with Gasteiger partial charge in [-0.1, -0.05) is 13.8 Å². The maximum atomic E-state index is 12.9. The highest BCUT2D eigenvalue weighted by molar-refractivity contribution is 5.96. The van der Waals surface area contributed by atoms with E-state index in [4.69, 9.17) is 5.73 Å². The summed E-state index contributed by atoms with van der Waals surface area (Å²) in [5.74, 6) is -0.547. The molecule has 0 aliphatic carbocycles. The van der Waals surface area contributed by atoms with Crippen molar-refractivity contribution in [2.75, 3.05) is 6.54 Å². The van der Waals surface area contributed by atoms with Crippen molar-refractivity contribution < 1.29 is 9.59 Å². The second-order valence-electron chi connectivity index (χ2n) is 6.00. The lowest BCUT2D eigenvalue weighted by atomic mass is 10.0. The summed E-state index contributed by atoms with van der Waals surface area (Å²) in [5.41, 5.74) is 6.86. The number of hydrogen-bond acceptors (Lipinski definition) is 3. The van der Waals surface area contributed by atoms with Crippen LogP contribution in [0.1, 0.15) is 68.2 Å². The van der Waals surface area contributed by atoms with E-state index in [1.165, 1.54) is 0 Å². The third-order valence-corrected chi connectivity index (χ3v) is 4.46. The van der Waals surface area contributed by atoms with Crippen LogP contribution in [0.2, 0.25) is 0 Å². The van der Waals surface area contributed by atoms with Crippen molar-refractivity contribution in [3.63, 3.8) is 0 Å². The first-order valence-corrected chi connectivity index (χ1v) is 8.16. The van der Waals surface area contributed by atoms with E-state index in [0.29, 0.717) is 18.7 Å². The van der Waals surface area contributed by atoms with E-state index in [9.17, 15) is 9.59 Å². The number of primary amides is 1. The number of carbonyl (C=O) groups excluding carboxylic acids is 2. The van der Waals surface area contributed by atoms with Crippen molar-refractivity contribution in [2.45, 2.75) is 65.0 Å². The maximum absolute atomic E-state index is 12.9. The SMILES string of the molecule is CCC(CC)n1nc(C)cc1C(=O)N1CCCCC1C(N)=O. The number of likely N-dealkylation sites (tertiary alicyclic amines) is 1. The van der Waals surface area contributed by atoms with E-state index in [0.717, 1.165) is 31.4 Å². The lowest BCUT2D eigenvalue weighted by Crippen LogP contribution is -2.51. The predicted octanol–water partition coefficient (Wildman–Crippen LogP) is 2.03. The molecule has 1 atom stereocenters. The minimum absolute atomic E-state index is 0.129. The van der Waals surface area contributed by atoms with Crippen LogP contribution in [-0.2, 0) is 4.79 Å². The Labute approximate surface area is 131 Å². The molecule has 1 saturated heterocycles. The molecule has 122 valence electrons. The van der Waals surface area contributed by atoms with E-state index >= 15 is 0 Å². The highest BCUT2D eigenvalue weighted by Crippen LogP contribution is 2.23. The molecule has 2 rings (SSSR count). The lowest BCUT2D eigenvalue weighted by molar-refractivity contribution is -0.123. The smallest absolute Gasteiger partial charge is 0.272 e. The van der Waals surface area contributed by atoms with Crippen LogP contribution in [0, 0.1) is 6.92 Å². The van der Waals surface area contributed by atoms with Gasteiger partial charge in [-0.3, -0.25) is 14.3 Å². The van der Waals surface area contributed by atoms with E-state index in [1.807, 2.05) is 17.7 Å². The normalized spacial score (nSPS) is 18.7.